The molecule has 1 aliphatic heterocycles. The molecule has 3 heterocycles. The minimum atomic E-state index is -0.0279. The van der Waals surface area contributed by atoms with Gasteiger partial charge in [0.15, 0.2) is 0 Å². The topological polar surface area (TPSA) is 68.2 Å². The highest BCUT2D eigenvalue weighted by molar-refractivity contribution is 6.32. The SMILES string of the molecule is Cn1cc(CN2CCOC(c3cc(CCOc4ccccc4Cl)[nH]n3)C2)cn1. The molecule has 1 fully saturated rings. The number of benzene rings is 1. The molecule has 4 rings (SSSR count). The molecule has 0 bridgehead atoms. The molecule has 28 heavy (non-hydrogen) atoms. The zero-order valence-corrected chi connectivity index (χ0v) is 16.6. The fourth-order valence-electron chi connectivity index (χ4n) is 3.34. The Bertz CT molecular complexity index is 909. The zero-order chi connectivity index (χ0) is 19.3. The van der Waals surface area contributed by atoms with Gasteiger partial charge in [-0.25, -0.2) is 0 Å². The standard InChI is InChI=1S/C20H24ClN5O2/c1-25-12-15(11-22-25)13-26-7-9-28-20(14-26)18-10-16(23-24-18)6-8-27-19-5-3-2-4-17(19)21/h2-5,10-12,20H,6-9,13-14H2,1H3,(H,23,24). The third kappa shape index (κ3) is 4.73. The first-order valence-electron chi connectivity index (χ1n) is 9.40. The molecule has 8 heteroatoms. The Labute approximate surface area is 169 Å². The van der Waals surface area contributed by atoms with Crippen LogP contribution in [-0.4, -0.2) is 51.2 Å². The highest BCUT2D eigenvalue weighted by atomic mass is 35.5. The summed E-state index contributed by atoms with van der Waals surface area (Å²) < 4.78 is 13.5. The normalized spacial score (nSPS) is 17.7. The van der Waals surface area contributed by atoms with E-state index in [0.717, 1.165) is 37.4 Å². The van der Waals surface area contributed by atoms with Crippen molar-refractivity contribution in [3.63, 3.8) is 0 Å². The lowest BCUT2D eigenvalue weighted by Gasteiger charge is -2.31. The number of halogens is 1. The summed E-state index contributed by atoms with van der Waals surface area (Å²) in [5.74, 6) is 0.700. The fraction of sp³-hybridized carbons (Fsp3) is 0.400. The van der Waals surface area contributed by atoms with Gasteiger partial charge in [0.2, 0.25) is 0 Å². The number of aromatic amines is 1. The lowest BCUT2D eigenvalue weighted by Crippen LogP contribution is -2.37. The van der Waals surface area contributed by atoms with Crippen LogP contribution in [0.5, 0.6) is 5.75 Å². The number of H-pyrrole nitrogens is 1. The van der Waals surface area contributed by atoms with Crippen LogP contribution in [0.25, 0.3) is 0 Å². The van der Waals surface area contributed by atoms with Crippen molar-refractivity contribution in [2.75, 3.05) is 26.3 Å². The van der Waals surface area contributed by atoms with Crippen molar-refractivity contribution in [1.82, 2.24) is 24.9 Å². The first-order valence-corrected chi connectivity index (χ1v) is 9.78. The van der Waals surface area contributed by atoms with Crippen LogP contribution in [0.4, 0.5) is 0 Å². The van der Waals surface area contributed by atoms with E-state index < -0.39 is 0 Å². The van der Waals surface area contributed by atoms with Crippen LogP contribution in [0.1, 0.15) is 23.1 Å². The lowest BCUT2D eigenvalue weighted by atomic mass is 10.1. The Balaban J connectivity index is 1.30. The van der Waals surface area contributed by atoms with Crippen molar-refractivity contribution in [2.24, 2.45) is 7.05 Å². The van der Waals surface area contributed by atoms with E-state index in [-0.39, 0.29) is 6.10 Å². The monoisotopic (exact) mass is 401 g/mol. The molecule has 7 nitrogen and oxygen atoms in total. The number of para-hydroxylation sites is 1. The summed E-state index contributed by atoms with van der Waals surface area (Å²) in [4.78, 5) is 2.38. The summed E-state index contributed by atoms with van der Waals surface area (Å²) in [6, 6.07) is 9.55. The van der Waals surface area contributed by atoms with Crippen molar-refractivity contribution in [1.29, 1.82) is 0 Å². The van der Waals surface area contributed by atoms with Crippen LogP contribution >= 0.6 is 11.6 Å². The first kappa shape index (κ1) is 19.0. The van der Waals surface area contributed by atoms with E-state index in [4.69, 9.17) is 21.1 Å². The molecule has 0 aliphatic carbocycles. The maximum absolute atomic E-state index is 6.11. The summed E-state index contributed by atoms with van der Waals surface area (Å²) >= 11 is 6.11. The Kier molecular flexibility index (Phi) is 5.95. The van der Waals surface area contributed by atoms with Gasteiger partial charge in [-0.15, -0.1) is 0 Å². The molecule has 1 N–H and O–H groups in total. The van der Waals surface area contributed by atoms with E-state index >= 15 is 0 Å². The predicted molar refractivity (Wildman–Crippen MR) is 106 cm³/mol. The predicted octanol–water partition coefficient (Wildman–Crippen LogP) is 2.99. The Morgan fingerprint density at radius 2 is 2.25 bits per heavy atom. The number of aryl methyl sites for hydroxylation is 1. The third-order valence-corrected chi connectivity index (χ3v) is 5.07. The van der Waals surface area contributed by atoms with Crippen molar-refractivity contribution in [3.8, 4) is 5.75 Å². The summed E-state index contributed by atoms with van der Waals surface area (Å²) in [5, 5.41) is 12.4. The molecule has 0 amide bonds. The molecule has 2 aromatic heterocycles. The van der Waals surface area contributed by atoms with Crippen molar-refractivity contribution in [3.05, 3.63) is 64.7 Å². The average Bonchev–Trinajstić information content (AvgIpc) is 3.33. The Morgan fingerprint density at radius 3 is 3.07 bits per heavy atom. The molecule has 3 aromatic rings. The lowest BCUT2D eigenvalue weighted by molar-refractivity contribution is -0.0350. The van der Waals surface area contributed by atoms with Crippen LogP contribution in [0, 0.1) is 0 Å². The molecule has 148 valence electrons. The van der Waals surface area contributed by atoms with Gasteiger partial charge in [-0.2, -0.15) is 10.2 Å². The zero-order valence-electron chi connectivity index (χ0n) is 15.8. The van der Waals surface area contributed by atoms with E-state index in [9.17, 15) is 0 Å². The van der Waals surface area contributed by atoms with E-state index in [2.05, 4.69) is 32.5 Å². The molecule has 1 atom stereocenters. The molecule has 1 aromatic carbocycles. The molecule has 1 saturated heterocycles. The van der Waals surface area contributed by atoms with Gasteiger partial charge in [0, 0.05) is 50.6 Å². The number of nitrogens with zero attached hydrogens (tertiary/aromatic N) is 4. The highest BCUT2D eigenvalue weighted by Crippen LogP contribution is 2.24. The van der Waals surface area contributed by atoms with Gasteiger partial charge in [0.05, 0.1) is 30.1 Å². The second-order valence-corrected chi connectivity index (χ2v) is 7.37. The number of hydrogen-bond acceptors (Lipinski definition) is 5. The number of hydrogen-bond donors (Lipinski definition) is 1. The number of aromatic nitrogens is 4. The van der Waals surface area contributed by atoms with E-state index in [1.54, 1.807) is 0 Å². The van der Waals surface area contributed by atoms with Gasteiger partial charge in [0.1, 0.15) is 11.9 Å². The van der Waals surface area contributed by atoms with Crippen molar-refractivity contribution < 1.29 is 9.47 Å². The number of nitrogens with one attached hydrogen (secondary N) is 1. The van der Waals surface area contributed by atoms with Gasteiger partial charge < -0.3 is 9.47 Å². The quantitative estimate of drug-likeness (QED) is 0.659. The first-order chi connectivity index (χ1) is 13.7. The molecule has 0 radical (unpaired) electrons. The molecule has 0 saturated carbocycles. The van der Waals surface area contributed by atoms with Gasteiger partial charge >= 0.3 is 0 Å². The summed E-state index contributed by atoms with van der Waals surface area (Å²) in [6.45, 7) is 3.83. The van der Waals surface area contributed by atoms with Gasteiger partial charge in [-0.05, 0) is 18.2 Å². The van der Waals surface area contributed by atoms with Gasteiger partial charge in [0.25, 0.3) is 0 Å². The molecule has 0 spiro atoms. The number of ether oxygens (including phenoxy) is 2. The summed E-state index contributed by atoms with van der Waals surface area (Å²) in [7, 11) is 1.94. The molecule has 1 unspecified atom stereocenters. The second-order valence-electron chi connectivity index (χ2n) is 6.96. The maximum atomic E-state index is 6.11. The number of rotatable bonds is 7. The maximum Gasteiger partial charge on any atom is 0.137 e. The van der Waals surface area contributed by atoms with Crippen LogP contribution in [0.15, 0.2) is 42.7 Å². The van der Waals surface area contributed by atoms with Crippen molar-refractivity contribution >= 4 is 11.6 Å². The number of morpholine rings is 1. The van der Waals surface area contributed by atoms with Crippen LogP contribution < -0.4 is 4.74 Å². The minimum absolute atomic E-state index is 0.0279. The minimum Gasteiger partial charge on any atom is -0.492 e. The Hall–Kier alpha value is -2.35. The van der Waals surface area contributed by atoms with Crippen molar-refractivity contribution in [2.45, 2.75) is 19.1 Å². The Morgan fingerprint density at radius 1 is 1.36 bits per heavy atom. The molecule has 1 aliphatic rings. The van der Waals surface area contributed by atoms with E-state index in [1.165, 1.54) is 5.56 Å². The average molecular weight is 402 g/mol. The van der Waals surface area contributed by atoms with Gasteiger partial charge in [-0.1, -0.05) is 23.7 Å². The van der Waals surface area contributed by atoms with Crippen LogP contribution in [0.3, 0.4) is 0 Å². The summed E-state index contributed by atoms with van der Waals surface area (Å²) in [6.07, 6.45) is 4.66. The van der Waals surface area contributed by atoms with Gasteiger partial charge in [-0.3, -0.25) is 14.7 Å². The van der Waals surface area contributed by atoms with E-state index in [0.29, 0.717) is 24.0 Å². The molecular weight excluding hydrogens is 378 g/mol. The fourth-order valence-corrected chi connectivity index (χ4v) is 3.53. The third-order valence-electron chi connectivity index (χ3n) is 4.76. The largest absolute Gasteiger partial charge is 0.492 e. The summed E-state index contributed by atoms with van der Waals surface area (Å²) in [5.41, 5.74) is 3.17. The van der Waals surface area contributed by atoms with Crippen LogP contribution in [0.2, 0.25) is 5.02 Å². The van der Waals surface area contributed by atoms with E-state index in [1.807, 2.05) is 42.2 Å². The smallest absolute Gasteiger partial charge is 0.137 e. The second kappa shape index (κ2) is 8.77. The molecular formula is C20H24ClN5O2. The highest BCUT2D eigenvalue weighted by Gasteiger charge is 2.24. The van der Waals surface area contributed by atoms with Crippen LogP contribution in [-0.2, 0) is 24.8 Å².